The van der Waals surface area contributed by atoms with Crippen molar-refractivity contribution in [1.29, 1.82) is 10.5 Å². The van der Waals surface area contributed by atoms with Crippen molar-refractivity contribution < 1.29 is 0 Å². The van der Waals surface area contributed by atoms with Crippen molar-refractivity contribution >= 4 is 65.4 Å². The van der Waals surface area contributed by atoms with E-state index in [1.807, 2.05) is 42.5 Å². The van der Waals surface area contributed by atoms with Gasteiger partial charge in [-0.15, -0.1) is 0 Å². The lowest BCUT2D eigenvalue weighted by molar-refractivity contribution is 1.15. The van der Waals surface area contributed by atoms with Crippen LogP contribution >= 0.6 is 0 Å². The molecular weight excluding hydrogens is 671 g/mol. The Morgan fingerprint density at radius 3 is 1.53 bits per heavy atom. The van der Waals surface area contributed by atoms with Gasteiger partial charge in [0.2, 0.25) is 0 Å². The van der Waals surface area contributed by atoms with Gasteiger partial charge in [0.15, 0.2) is 0 Å². The zero-order valence-electron chi connectivity index (χ0n) is 29.5. The maximum Gasteiger partial charge on any atom is 0.101 e. The molecule has 0 bridgehead atoms. The van der Waals surface area contributed by atoms with Crippen LogP contribution in [0.5, 0.6) is 0 Å². The van der Waals surface area contributed by atoms with Crippen LogP contribution in [0.25, 0.3) is 93.6 Å². The molecule has 0 aliphatic rings. The van der Waals surface area contributed by atoms with Crippen LogP contribution in [0.4, 0.5) is 0 Å². The molecule has 5 heteroatoms. The lowest BCUT2D eigenvalue weighted by atomic mass is 10.00. The summed E-state index contributed by atoms with van der Waals surface area (Å²) >= 11 is 0. The van der Waals surface area contributed by atoms with Crippen molar-refractivity contribution in [3.8, 4) is 40.3 Å². The highest BCUT2D eigenvalue weighted by Crippen LogP contribution is 2.40. The fourth-order valence-corrected chi connectivity index (χ4v) is 8.82. The molecule has 0 aliphatic carbocycles. The molecule has 0 atom stereocenters. The summed E-state index contributed by atoms with van der Waals surface area (Å²) in [6, 6.07) is 66.0. The van der Waals surface area contributed by atoms with Crippen molar-refractivity contribution in [2.45, 2.75) is 0 Å². The fourth-order valence-electron chi connectivity index (χ4n) is 8.82. The summed E-state index contributed by atoms with van der Waals surface area (Å²) in [5.74, 6) is 0. The first-order valence-electron chi connectivity index (χ1n) is 18.3. The third kappa shape index (κ3) is 4.39. The van der Waals surface area contributed by atoms with Crippen LogP contribution in [0.2, 0.25) is 0 Å². The SMILES string of the molecule is N#Cc1cc(-c2ccccc2-n2c3ccccc3c3ccc(-n4c5ccccc5c5ccccc54)cc32)ccc1-n1c2ccccc2c2cccc(C#N)c21. The van der Waals surface area contributed by atoms with Crippen LogP contribution in [0.1, 0.15) is 11.1 Å². The van der Waals surface area contributed by atoms with Gasteiger partial charge >= 0.3 is 0 Å². The Hall–Kier alpha value is -7.86. The van der Waals surface area contributed by atoms with E-state index in [1.54, 1.807) is 0 Å². The van der Waals surface area contributed by atoms with Crippen LogP contribution in [0, 0.1) is 22.7 Å². The number of nitriles is 2. The number of nitrogens with zero attached hydrogens (tertiary/aromatic N) is 5. The molecule has 0 spiro atoms. The van der Waals surface area contributed by atoms with Gasteiger partial charge in [-0.25, -0.2) is 0 Å². The third-order valence-electron chi connectivity index (χ3n) is 11.1. The largest absolute Gasteiger partial charge is 0.309 e. The number of benzene rings is 8. The lowest BCUT2D eigenvalue weighted by Gasteiger charge is -2.16. The van der Waals surface area contributed by atoms with Crippen LogP contribution < -0.4 is 0 Å². The minimum Gasteiger partial charge on any atom is -0.309 e. The van der Waals surface area contributed by atoms with Gasteiger partial charge in [-0.05, 0) is 66.2 Å². The normalized spacial score (nSPS) is 11.6. The molecule has 55 heavy (non-hydrogen) atoms. The predicted molar refractivity (Wildman–Crippen MR) is 224 cm³/mol. The molecule has 0 saturated carbocycles. The minimum absolute atomic E-state index is 0.526. The molecule has 3 heterocycles. The first kappa shape index (κ1) is 30.7. The van der Waals surface area contributed by atoms with E-state index in [2.05, 4.69) is 159 Å². The van der Waals surface area contributed by atoms with Crippen molar-refractivity contribution in [3.05, 3.63) is 187 Å². The second-order valence-electron chi connectivity index (χ2n) is 14.0. The Morgan fingerprint density at radius 2 is 0.873 bits per heavy atom. The number of rotatable bonds is 4. The monoisotopic (exact) mass is 699 g/mol. The van der Waals surface area contributed by atoms with Crippen LogP contribution in [0.3, 0.4) is 0 Å². The van der Waals surface area contributed by atoms with Crippen molar-refractivity contribution in [2.75, 3.05) is 0 Å². The topological polar surface area (TPSA) is 62.4 Å². The molecule has 0 saturated heterocycles. The molecule has 254 valence electrons. The summed E-state index contributed by atoms with van der Waals surface area (Å²) < 4.78 is 6.80. The van der Waals surface area contributed by atoms with Gasteiger partial charge in [0.05, 0.1) is 55.6 Å². The molecule has 0 unspecified atom stereocenters. The molecule has 5 nitrogen and oxygen atoms in total. The maximum absolute atomic E-state index is 10.7. The predicted octanol–water partition coefficient (Wildman–Crippen LogP) is 12.4. The quantitative estimate of drug-likeness (QED) is 0.184. The first-order chi connectivity index (χ1) is 27.2. The molecule has 3 aromatic heterocycles. The Labute approximate surface area is 316 Å². The van der Waals surface area contributed by atoms with Crippen LogP contribution in [0.15, 0.2) is 176 Å². The summed E-state index contributed by atoms with van der Waals surface area (Å²) in [4.78, 5) is 0. The third-order valence-corrected chi connectivity index (χ3v) is 11.1. The highest BCUT2D eigenvalue weighted by Gasteiger charge is 2.21. The highest BCUT2D eigenvalue weighted by molar-refractivity contribution is 6.13. The van der Waals surface area contributed by atoms with Gasteiger partial charge in [-0.1, -0.05) is 115 Å². The van der Waals surface area contributed by atoms with Gasteiger partial charge < -0.3 is 13.7 Å². The summed E-state index contributed by atoms with van der Waals surface area (Å²) in [5, 5.41) is 27.7. The van der Waals surface area contributed by atoms with E-state index in [4.69, 9.17) is 0 Å². The average Bonchev–Trinajstić information content (AvgIpc) is 3.89. The van der Waals surface area contributed by atoms with Crippen molar-refractivity contribution in [2.24, 2.45) is 0 Å². The second kappa shape index (κ2) is 11.8. The fraction of sp³-hybridized carbons (Fsp3) is 0. The smallest absolute Gasteiger partial charge is 0.101 e. The number of para-hydroxylation sites is 6. The Morgan fingerprint density at radius 1 is 0.345 bits per heavy atom. The van der Waals surface area contributed by atoms with E-state index in [9.17, 15) is 10.5 Å². The number of aromatic nitrogens is 3. The van der Waals surface area contributed by atoms with Gasteiger partial charge in [-0.2, -0.15) is 10.5 Å². The summed E-state index contributed by atoms with van der Waals surface area (Å²) in [5.41, 5.74) is 12.2. The molecular formula is C50H29N5. The zero-order valence-corrected chi connectivity index (χ0v) is 29.5. The first-order valence-corrected chi connectivity index (χ1v) is 18.3. The standard InChI is InChI=1S/C50H29N5/c51-30-33-12-11-18-42-40-17-5-10-23-48(40)55(50(33)42)43-27-24-32(28-34(43)31-52)36-13-1-6-19-44(36)54-47-22-9-4-16-39(47)41-26-25-35(29-49(41)54)53-45-20-7-2-14-37(45)38-15-3-8-21-46(38)53/h1-29H. The Kier molecular flexibility index (Phi) is 6.61. The number of fused-ring (bicyclic) bond motifs is 9. The van der Waals surface area contributed by atoms with E-state index >= 15 is 0 Å². The number of hydrogen-bond acceptors (Lipinski definition) is 2. The van der Waals surface area contributed by atoms with Crippen molar-refractivity contribution in [3.63, 3.8) is 0 Å². The highest BCUT2D eigenvalue weighted by atomic mass is 15.0. The minimum atomic E-state index is 0.526. The Balaban J connectivity index is 1.14. The summed E-state index contributed by atoms with van der Waals surface area (Å²) in [7, 11) is 0. The lowest BCUT2D eigenvalue weighted by Crippen LogP contribution is -2.01. The Bertz CT molecular complexity index is 3420. The second-order valence-corrected chi connectivity index (χ2v) is 14.0. The van der Waals surface area contributed by atoms with Gasteiger partial charge in [0.25, 0.3) is 0 Å². The van der Waals surface area contributed by atoms with Gasteiger partial charge in [-0.3, -0.25) is 0 Å². The van der Waals surface area contributed by atoms with Gasteiger partial charge in [0, 0.05) is 43.6 Å². The average molecular weight is 700 g/mol. The maximum atomic E-state index is 10.7. The summed E-state index contributed by atoms with van der Waals surface area (Å²) in [6.45, 7) is 0. The van der Waals surface area contributed by atoms with E-state index in [1.165, 1.54) is 32.6 Å². The van der Waals surface area contributed by atoms with E-state index in [0.29, 0.717) is 11.1 Å². The molecule has 11 rings (SSSR count). The zero-order chi connectivity index (χ0) is 36.6. The molecule has 0 radical (unpaired) electrons. The molecule has 8 aromatic carbocycles. The van der Waals surface area contributed by atoms with Crippen LogP contribution in [-0.4, -0.2) is 13.7 Å². The molecule has 11 aromatic rings. The van der Waals surface area contributed by atoms with Crippen LogP contribution in [-0.2, 0) is 0 Å². The molecule has 0 aliphatic heterocycles. The summed E-state index contributed by atoms with van der Waals surface area (Å²) in [6.07, 6.45) is 0. The molecule has 0 amide bonds. The molecule has 0 fully saturated rings. The van der Waals surface area contributed by atoms with Crippen molar-refractivity contribution in [1.82, 2.24) is 13.7 Å². The number of hydrogen-bond donors (Lipinski definition) is 0. The van der Waals surface area contributed by atoms with E-state index in [0.717, 1.165) is 61.0 Å². The van der Waals surface area contributed by atoms with Gasteiger partial charge in [0.1, 0.15) is 12.1 Å². The molecule has 0 N–H and O–H groups in total. The van der Waals surface area contributed by atoms with E-state index < -0.39 is 0 Å². The van der Waals surface area contributed by atoms with E-state index in [-0.39, 0.29) is 0 Å².